The van der Waals surface area contributed by atoms with Gasteiger partial charge in [0.05, 0.1) is 6.33 Å². The molecule has 1 aromatic carbocycles. The van der Waals surface area contributed by atoms with E-state index in [4.69, 9.17) is 0 Å². The number of nitrogens with one attached hydrogen (secondary N) is 3. The van der Waals surface area contributed by atoms with Gasteiger partial charge >= 0.3 is 0 Å². The van der Waals surface area contributed by atoms with Gasteiger partial charge in [0.2, 0.25) is 0 Å². The van der Waals surface area contributed by atoms with Crippen LogP contribution in [0.2, 0.25) is 0 Å². The maximum atomic E-state index is 11.8. The number of thioether (sulfide) groups is 1. The summed E-state index contributed by atoms with van der Waals surface area (Å²) in [6, 6.07) is 9.79. The maximum Gasteiger partial charge on any atom is 0.271 e. The summed E-state index contributed by atoms with van der Waals surface area (Å²) in [7, 11) is 1.58. The predicted molar refractivity (Wildman–Crippen MR) is 91.9 cm³/mol. The number of rotatable bonds is 5. The van der Waals surface area contributed by atoms with Crippen LogP contribution in [0.5, 0.6) is 0 Å². The van der Waals surface area contributed by atoms with Gasteiger partial charge in [0.25, 0.3) is 5.91 Å². The number of aromatic nitrogens is 2. The van der Waals surface area contributed by atoms with Crippen LogP contribution in [0.3, 0.4) is 0 Å². The molecule has 2 rings (SSSR count). The van der Waals surface area contributed by atoms with Gasteiger partial charge < -0.3 is 15.6 Å². The number of amidine groups is 1. The Kier molecular flexibility index (Phi) is 6.02. The van der Waals surface area contributed by atoms with E-state index in [0.29, 0.717) is 16.7 Å². The van der Waals surface area contributed by atoms with Crippen LogP contribution in [0.15, 0.2) is 41.7 Å². The highest BCUT2D eigenvalue weighted by Gasteiger charge is 2.13. The van der Waals surface area contributed by atoms with Crippen molar-refractivity contribution in [2.24, 2.45) is 4.99 Å². The van der Waals surface area contributed by atoms with Gasteiger partial charge in [0, 0.05) is 18.5 Å². The molecule has 0 atom stereocenters. The lowest BCUT2D eigenvalue weighted by atomic mass is 10.3. The third kappa shape index (κ3) is 4.36. The maximum absolute atomic E-state index is 11.8. The fraction of sp³-hybridized carbons (Fsp3) is 0.267. The van der Waals surface area contributed by atoms with E-state index in [-0.39, 0.29) is 5.91 Å². The van der Waals surface area contributed by atoms with Gasteiger partial charge in [-0.1, -0.05) is 36.9 Å². The van der Waals surface area contributed by atoms with E-state index in [9.17, 15) is 4.79 Å². The fourth-order valence-corrected chi connectivity index (χ4v) is 2.44. The number of nitrogens with zero attached hydrogens (tertiary/aromatic N) is 2. The van der Waals surface area contributed by atoms with Crippen LogP contribution in [-0.2, 0) is 0 Å². The highest BCUT2D eigenvalue weighted by Crippen LogP contribution is 2.19. The lowest BCUT2D eigenvalue weighted by Crippen LogP contribution is -2.18. The van der Waals surface area contributed by atoms with Crippen LogP contribution in [0.25, 0.3) is 0 Å². The van der Waals surface area contributed by atoms with E-state index >= 15 is 0 Å². The van der Waals surface area contributed by atoms with Gasteiger partial charge in [-0.3, -0.25) is 4.79 Å². The molecule has 0 aliphatic carbocycles. The topological polar surface area (TPSA) is 82.2 Å². The van der Waals surface area contributed by atoms with Crippen LogP contribution in [0.4, 0.5) is 11.5 Å². The first-order valence-corrected chi connectivity index (χ1v) is 8.02. The summed E-state index contributed by atoms with van der Waals surface area (Å²) < 4.78 is 0. The molecule has 0 saturated carbocycles. The Labute approximate surface area is 133 Å². The number of carbonyl (C=O) groups is 1. The van der Waals surface area contributed by atoms with Crippen LogP contribution in [-0.4, -0.2) is 33.8 Å². The lowest BCUT2D eigenvalue weighted by Gasteiger charge is -2.08. The fourth-order valence-electron chi connectivity index (χ4n) is 1.70. The molecular formula is C15H19N5OS. The third-order valence-corrected chi connectivity index (χ3v) is 3.83. The lowest BCUT2D eigenvalue weighted by molar-refractivity contribution is 0.0959. The van der Waals surface area contributed by atoms with Crippen molar-refractivity contribution in [1.82, 2.24) is 15.3 Å². The number of para-hydroxylation sites is 1. The Morgan fingerprint density at radius 2 is 2.14 bits per heavy atom. The number of anilines is 1. The van der Waals surface area contributed by atoms with E-state index in [1.807, 2.05) is 30.3 Å². The van der Waals surface area contributed by atoms with E-state index in [1.54, 1.807) is 18.8 Å². The van der Waals surface area contributed by atoms with Crippen LogP contribution >= 0.6 is 11.8 Å². The second kappa shape index (κ2) is 8.23. The molecule has 116 valence electrons. The van der Waals surface area contributed by atoms with E-state index in [1.165, 1.54) is 6.33 Å². The molecular weight excluding hydrogens is 298 g/mol. The minimum Gasteiger partial charge on any atom is -0.354 e. The number of imidazole rings is 1. The van der Waals surface area contributed by atoms with Crippen molar-refractivity contribution in [2.75, 3.05) is 18.1 Å². The van der Waals surface area contributed by atoms with E-state index in [2.05, 4.69) is 32.5 Å². The number of benzene rings is 1. The Morgan fingerprint density at radius 1 is 1.36 bits per heavy atom. The van der Waals surface area contributed by atoms with Gasteiger partial charge in [0.15, 0.2) is 16.7 Å². The van der Waals surface area contributed by atoms with Crippen LogP contribution in [0.1, 0.15) is 23.8 Å². The Hall–Kier alpha value is -2.28. The summed E-state index contributed by atoms with van der Waals surface area (Å²) in [4.78, 5) is 23.2. The van der Waals surface area contributed by atoms with Crippen LogP contribution in [0, 0.1) is 0 Å². The quantitative estimate of drug-likeness (QED) is 0.585. The highest BCUT2D eigenvalue weighted by molar-refractivity contribution is 8.14. The first kappa shape index (κ1) is 16.1. The largest absolute Gasteiger partial charge is 0.354 e. The molecule has 0 radical (unpaired) electrons. The molecule has 1 heterocycles. The summed E-state index contributed by atoms with van der Waals surface area (Å²) in [5, 5.41) is 6.54. The zero-order valence-corrected chi connectivity index (χ0v) is 13.4. The number of hydrogen-bond acceptors (Lipinski definition) is 4. The molecule has 22 heavy (non-hydrogen) atoms. The minimum atomic E-state index is -0.240. The van der Waals surface area contributed by atoms with Gasteiger partial charge in [-0.2, -0.15) is 0 Å². The van der Waals surface area contributed by atoms with E-state index in [0.717, 1.165) is 17.9 Å². The predicted octanol–water partition coefficient (Wildman–Crippen LogP) is 3.01. The summed E-state index contributed by atoms with van der Waals surface area (Å²) in [5.74, 6) is 1.07. The Balaban J connectivity index is 2.24. The van der Waals surface area contributed by atoms with Crippen LogP contribution < -0.4 is 10.6 Å². The Bertz CT molecular complexity index is 638. The number of aliphatic imine (C=N–C) groups is 1. The molecule has 0 bridgehead atoms. The Morgan fingerprint density at radius 3 is 2.82 bits per heavy atom. The first-order chi connectivity index (χ1) is 10.7. The third-order valence-electron chi connectivity index (χ3n) is 2.75. The number of amides is 1. The monoisotopic (exact) mass is 317 g/mol. The van der Waals surface area contributed by atoms with Gasteiger partial charge in [-0.05, 0) is 18.6 Å². The molecule has 0 unspecified atom stereocenters. The highest BCUT2D eigenvalue weighted by atomic mass is 32.2. The van der Waals surface area contributed by atoms with Gasteiger partial charge in [-0.15, -0.1) is 0 Å². The molecule has 0 aliphatic heterocycles. The van der Waals surface area contributed by atoms with Crippen molar-refractivity contribution < 1.29 is 4.79 Å². The second-order valence-corrected chi connectivity index (χ2v) is 5.52. The minimum absolute atomic E-state index is 0.240. The van der Waals surface area contributed by atoms with Crippen molar-refractivity contribution in [1.29, 1.82) is 0 Å². The zero-order chi connectivity index (χ0) is 15.8. The van der Waals surface area contributed by atoms with Gasteiger partial charge in [0.1, 0.15) is 0 Å². The smallest absolute Gasteiger partial charge is 0.271 e. The standard InChI is InChI=1S/C15H19N5OS/c1-3-9-22-15(19-11-7-5-4-6-8-11)20-13-12(14(21)16-2)17-10-18-13/h4-8,10H,3,9H2,1-2H3,(H,16,21)(H,17,18)(H,19,20). The SMILES string of the molecule is CCCSC(=Nc1nc[nH]c1C(=O)NC)Nc1ccccc1. The average molecular weight is 317 g/mol. The molecule has 0 aliphatic rings. The molecule has 1 aromatic heterocycles. The van der Waals surface area contributed by atoms with Crippen molar-refractivity contribution in [3.05, 3.63) is 42.4 Å². The number of hydrogen-bond donors (Lipinski definition) is 3. The average Bonchev–Trinajstić information content (AvgIpc) is 3.01. The molecule has 1 amide bonds. The van der Waals surface area contributed by atoms with Crippen molar-refractivity contribution in [3.63, 3.8) is 0 Å². The molecule has 2 aromatic rings. The zero-order valence-electron chi connectivity index (χ0n) is 12.6. The van der Waals surface area contributed by atoms with Crippen molar-refractivity contribution >= 4 is 34.3 Å². The summed E-state index contributed by atoms with van der Waals surface area (Å²) >= 11 is 1.60. The summed E-state index contributed by atoms with van der Waals surface area (Å²) in [6.07, 6.45) is 2.50. The molecule has 0 spiro atoms. The van der Waals surface area contributed by atoms with Gasteiger partial charge in [-0.25, -0.2) is 9.98 Å². The number of H-pyrrole nitrogens is 1. The van der Waals surface area contributed by atoms with Crippen molar-refractivity contribution in [2.45, 2.75) is 13.3 Å². The first-order valence-electron chi connectivity index (χ1n) is 7.03. The summed E-state index contributed by atoms with van der Waals surface area (Å²) in [6.45, 7) is 2.11. The molecule has 0 saturated heterocycles. The molecule has 3 N–H and O–H groups in total. The summed E-state index contributed by atoms with van der Waals surface area (Å²) in [5.41, 5.74) is 1.30. The van der Waals surface area contributed by atoms with Crippen molar-refractivity contribution in [3.8, 4) is 0 Å². The number of carbonyl (C=O) groups excluding carboxylic acids is 1. The molecule has 0 fully saturated rings. The second-order valence-electron chi connectivity index (χ2n) is 4.44. The molecule has 6 nitrogen and oxygen atoms in total. The van der Waals surface area contributed by atoms with E-state index < -0.39 is 0 Å². The molecule has 7 heteroatoms. The number of aromatic amines is 1. The normalized spacial score (nSPS) is 11.3.